The molecule has 0 aliphatic carbocycles. The van der Waals surface area contributed by atoms with Gasteiger partial charge in [0.25, 0.3) is 0 Å². The molecule has 8 heteroatoms. The minimum atomic E-state index is -0.547. The van der Waals surface area contributed by atoms with E-state index in [0.29, 0.717) is 17.0 Å². The summed E-state index contributed by atoms with van der Waals surface area (Å²) >= 11 is 0. The predicted octanol–water partition coefficient (Wildman–Crippen LogP) is 5.18. The molecule has 0 saturated heterocycles. The van der Waals surface area contributed by atoms with Crippen LogP contribution in [0.1, 0.15) is 40.5 Å². The molecule has 176 valence electrons. The molecule has 1 amide bonds. The number of ether oxygens (including phenoxy) is 1. The highest BCUT2D eigenvalue weighted by molar-refractivity contribution is 5.92. The molecule has 0 bridgehead atoms. The summed E-state index contributed by atoms with van der Waals surface area (Å²) in [6, 6.07) is 11.8. The van der Waals surface area contributed by atoms with E-state index in [2.05, 4.69) is 46.3 Å². The average molecular weight is 451 g/mol. The fourth-order valence-corrected chi connectivity index (χ4v) is 3.69. The summed E-state index contributed by atoms with van der Waals surface area (Å²) in [6.45, 7) is 11.8. The van der Waals surface area contributed by atoms with Crippen molar-refractivity contribution < 1.29 is 9.53 Å². The molecule has 0 saturated carbocycles. The topological polar surface area (TPSA) is 92.3 Å². The second kappa shape index (κ2) is 12.1. The fourth-order valence-electron chi connectivity index (χ4n) is 3.69. The first-order valence-corrected chi connectivity index (χ1v) is 11.7. The largest absolute Gasteiger partial charge is 0.450 e. The Labute approximate surface area is 195 Å². The van der Waals surface area contributed by atoms with Crippen LogP contribution in [0.4, 0.5) is 16.3 Å². The zero-order valence-electron chi connectivity index (χ0n) is 20.0. The van der Waals surface area contributed by atoms with Crippen molar-refractivity contribution in [2.24, 2.45) is 0 Å². The first kappa shape index (κ1) is 24.4. The van der Waals surface area contributed by atoms with Crippen molar-refractivity contribution in [2.45, 2.75) is 46.6 Å². The van der Waals surface area contributed by atoms with Crippen molar-refractivity contribution in [3.63, 3.8) is 0 Å². The third-order valence-corrected chi connectivity index (χ3v) is 5.50. The average Bonchev–Trinajstić information content (AvgIpc) is 2.82. The molecule has 33 heavy (non-hydrogen) atoms. The van der Waals surface area contributed by atoms with Crippen molar-refractivity contribution in [3.8, 4) is 11.3 Å². The number of rotatable bonds is 11. The molecule has 0 fully saturated rings. The van der Waals surface area contributed by atoms with Gasteiger partial charge in [0.05, 0.1) is 24.2 Å². The monoisotopic (exact) mass is 450 g/mol. The predicted molar refractivity (Wildman–Crippen MR) is 134 cm³/mol. The lowest BCUT2D eigenvalue weighted by Crippen LogP contribution is -2.25. The summed E-state index contributed by atoms with van der Waals surface area (Å²) < 4.78 is 5.02. The minimum absolute atomic E-state index is 0.220. The Balaban J connectivity index is 1.86. The van der Waals surface area contributed by atoms with E-state index in [-0.39, 0.29) is 12.6 Å². The maximum Gasteiger partial charge on any atom is 0.412 e. The van der Waals surface area contributed by atoms with Crippen molar-refractivity contribution in [2.75, 3.05) is 36.9 Å². The molecule has 1 unspecified atom stereocenters. The molecular formula is C25H34N6O2. The Hall–Kier alpha value is -3.26. The number of fused-ring (bicyclic) bond motifs is 1. The third-order valence-electron chi connectivity index (χ3n) is 5.50. The van der Waals surface area contributed by atoms with Gasteiger partial charge in [-0.05, 0) is 46.3 Å². The van der Waals surface area contributed by atoms with Gasteiger partial charge in [-0.2, -0.15) is 0 Å². The van der Waals surface area contributed by atoms with Crippen LogP contribution in [0, 0.1) is 0 Å². The molecule has 3 rings (SSSR count). The van der Waals surface area contributed by atoms with Crippen LogP contribution in [0.2, 0.25) is 0 Å². The standard InChI is InChI=1S/C25H34N6O2/c1-5-31(6-2)15-11-12-18(4)27-20-16-22(30-25(32)33-7-3)29-24-23(20)26-17-21(28-24)19-13-9-8-10-14-19/h8-10,13-14,16-18H,5-7,11-12,15H2,1-4H3,(H2,27,28,29,30,32). The van der Waals surface area contributed by atoms with Crippen LogP contribution in [0.3, 0.4) is 0 Å². The lowest BCUT2D eigenvalue weighted by molar-refractivity contribution is 0.168. The highest BCUT2D eigenvalue weighted by atomic mass is 16.5. The van der Waals surface area contributed by atoms with E-state index < -0.39 is 6.09 Å². The van der Waals surface area contributed by atoms with E-state index in [0.717, 1.165) is 49.4 Å². The molecule has 0 radical (unpaired) electrons. The minimum Gasteiger partial charge on any atom is -0.450 e. The van der Waals surface area contributed by atoms with Gasteiger partial charge in [0.15, 0.2) is 5.65 Å². The number of nitrogens with one attached hydrogen (secondary N) is 2. The first-order chi connectivity index (χ1) is 16.0. The number of carbonyl (C=O) groups is 1. The van der Waals surface area contributed by atoms with Crippen molar-refractivity contribution in [1.29, 1.82) is 0 Å². The summed E-state index contributed by atoms with van der Waals surface area (Å²) in [5.74, 6) is 0.373. The molecule has 0 spiro atoms. The number of benzene rings is 1. The Kier molecular flexibility index (Phi) is 8.95. The maximum atomic E-state index is 12.0. The summed E-state index contributed by atoms with van der Waals surface area (Å²) in [4.78, 5) is 28.3. The van der Waals surface area contributed by atoms with Gasteiger partial charge in [-0.1, -0.05) is 44.2 Å². The van der Waals surface area contributed by atoms with Crippen molar-refractivity contribution >= 4 is 28.8 Å². The van der Waals surface area contributed by atoms with E-state index >= 15 is 0 Å². The molecule has 2 aromatic heterocycles. The smallest absolute Gasteiger partial charge is 0.412 e. The van der Waals surface area contributed by atoms with Gasteiger partial charge in [0.2, 0.25) is 0 Å². The van der Waals surface area contributed by atoms with Crippen LogP contribution in [0.5, 0.6) is 0 Å². The molecule has 1 aromatic carbocycles. The molecule has 8 nitrogen and oxygen atoms in total. The summed E-state index contributed by atoms with van der Waals surface area (Å²) in [7, 11) is 0. The van der Waals surface area contributed by atoms with E-state index in [1.54, 1.807) is 19.2 Å². The first-order valence-electron chi connectivity index (χ1n) is 11.7. The number of amides is 1. The number of hydrogen-bond acceptors (Lipinski definition) is 7. The van der Waals surface area contributed by atoms with Gasteiger partial charge < -0.3 is 15.0 Å². The van der Waals surface area contributed by atoms with Gasteiger partial charge in [-0.15, -0.1) is 0 Å². The second-order valence-corrected chi connectivity index (χ2v) is 7.91. The van der Waals surface area contributed by atoms with Gasteiger partial charge in [0, 0.05) is 17.7 Å². The molecule has 2 N–H and O–H groups in total. The second-order valence-electron chi connectivity index (χ2n) is 7.91. The van der Waals surface area contributed by atoms with Gasteiger partial charge in [0.1, 0.15) is 11.3 Å². The molecule has 2 heterocycles. The Morgan fingerprint density at radius 3 is 2.58 bits per heavy atom. The van der Waals surface area contributed by atoms with Gasteiger partial charge >= 0.3 is 6.09 Å². The van der Waals surface area contributed by atoms with E-state index in [1.807, 2.05) is 30.3 Å². The zero-order chi connectivity index (χ0) is 23.6. The molecule has 0 aliphatic rings. The lowest BCUT2D eigenvalue weighted by Gasteiger charge is -2.21. The molecule has 1 atom stereocenters. The number of anilines is 2. The quantitative estimate of drug-likeness (QED) is 0.416. The number of hydrogen-bond donors (Lipinski definition) is 2. The normalized spacial score (nSPS) is 12.0. The van der Waals surface area contributed by atoms with Crippen LogP contribution in [-0.4, -0.2) is 58.2 Å². The Morgan fingerprint density at radius 2 is 1.88 bits per heavy atom. The van der Waals surface area contributed by atoms with Crippen LogP contribution < -0.4 is 10.6 Å². The van der Waals surface area contributed by atoms with E-state index in [9.17, 15) is 4.79 Å². The Morgan fingerprint density at radius 1 is 1.12 bits per heavy atom. The summed E-state index contributed by atoms with van der Waals surface area (Å²) in [5.41, 5.74) is 3.59. The number of pyridine rings is 1. The van der Waals surface area contributed by atoms with Crippen LogP contribution in [-0.2, 0) is 4.74 Å². The number of nitrogens with zero attached hydrogens (tertiary/aromatic N) is 4. The van der Waals surface area contributed by atoms with Crippen molar-refractivity contribution in [1.82, 2.24) is 19.9 Å². The van der Waals surface area contributed by atoms with Crippen LogP contribution in [0.15, 0.2) is 42.6 Å². The van der Waals surface area contributed by atoms with Crippen LogP contribution in [0.25, 0.3) is 22.4 Å². The number of carbonyl (C=O) groups excluding carboxylic acids is 1. The highest BCUT2D eigenvalue weighted by Crippen LogP contribution is 2.26. The lowest BCUT2D eigenvalue weighted by atomic mass is 10.1. The molecule has 0 aliphatic heterocycles. The highest BCUT2D eigenvalue weighted by Gasteiger charge is 2.14. The summed E-state index contributed by atoms with van der Waals surface area (Å²) in [5, 5.41) is 6.24. The fraction of sp³-hybridized carbons (Fsp3) is 0.440. The summed E-state index contributed by atoms with van der Waals surface area (Å²) in [6.07, 6.45) is 3.32. The van der Waals surface area contributed by atoms with E-state index in [1.165, 1.54) is 0 Å². The van der Waals surface area contributed by atoms with Gasteiger partial charge in [-0.25, -0.2) is 19.7 Å². The maximum absolute atomic E-state index is 12.0. The SMILES string of the molecule is CCOC(=O)Nc1cc(NC(C)CCCN(CC)CC)c2ncc(-c3ccccc3)nc2n1. The zero-order valence-corrected chi connectivity index (χ0v) is 20.0. The van der Waals surface area contributed by atoms with Crippen LogP contribution >= 0.6 is 0 Å². The Bertz CT molecular complexity index is 1040. The number of aromatic nitrogens is 3. The van der Waals surface area contributed by atoms with E-state index in [4.69, 9.17) is 9.72 Å². The molecule has 3 aromatic rings. The van der Waals surface area contributed by atoms with Crippen molar-refractivity contribution in [3.05, 3.63) is 42.6 Å². The molecular weight excluding hydrogens is 416 g/mol. The third kappa shape index (κ3) is 6.86. The van der Waals surface area contributed by atoms with Gasteiger partial charge in [-0.3, -0.25) is 5.32 Å².